The van der Waals surface area contributed by atoms with Gasteiger partial charge in [0.25, 0.3) is 10.0 Å². The molecule has 0 saturated heterocycles. The lowest BCUT2D eigenvalue weighted by Crippen LogP contribution is -2.18. The van der Waals surface area contributed by atoms with Crippen molar-refractivity contribution in [2.24, 2.45) is 5.10 Å². The molecule has 0 bridgehead atoms. The predicted molar refractivity (Wildman–Crippen MR) is 106 cm³/mol. The van der Waals surface area contributed by atoms with E-state index < -0.39 is 10.0 Å². The van der Waals surface area contributed by atoms with Crippen LogP contribution in [-0.4, -0.2) is 14.6 Å². The molecule has 0 heterocycles. The monoisotopic (exact) mass is 375 g/mol. The third-order valence-corrected chi connectivity index (χ3v) is 5.24. The Balaban J connectivity index is 1.89. The van der Waals surface area contributed by atoms with Crippen molar-refractivity contribution in [2.45, 2.75) is 11.8 Å². The van der Waals surface area contributed by atoms with E-state index in [0.29, 0.717) is 11.1 Å². The Morgan fingerprint density at radius 2 is 1.56 bits per heavy atom. The molecule has 0 saturated carbocycles. The lowest BCUT2D eigenvalue weighted by atomic mass is 9.96. The SMILES string of the molecule is Cc1ccc(S(=O)(=O)NN=Cc2ccccc2-c2ccccc2C#N)cc1. The highest BCUT2D eigenvalue weighted by Gasteiger charge is 2.12. The van der Waals surface area contributed by atoms with Gasteiger partial charge in [0, 0.05) is 11.1 Å². The first kappa shape index (κ1) is 18.4. The lowest BCUT2D eigenvalue weighted by molar-refractivity contribution is 0.584. The molecule has 0 unspecified atom stereocenters. The van der Waals surface area contributed by atoms with E-state index in [1.54, 1.807) is 24.3 Å². The van der Waals surface area contributed by atoms with E-state index in [1.807, 2.05) is 43.3 Å². The second-order valence-electron chi connectivity index (χ2n) is 5.91. The Morgan fingerprint density at radius 3 is 2.26 bits per heavy atom. The molecule has 3 aromatic carbocycles. The molecular formula is C21H17N3O2S. The molecule has 0 spiro atoms. The van der Waals surface area contributed by atoms with Gasteiger partial charge >= 0.3 is 0 Å². The van der Waals surface area contributed by atoms with Crippen molar-refractivity contribution < 1.29 is 8.42 Å². The number of rotatable bonds is 5. The smallest absolute Gasteiger partial charge is 0.200 e. The molecule has 0 aliphatic carbocycles. The summed E-state index contributed by atoms with van der Waals surface area (Å²) in [5.41, 5.74) is 3.78. The summed E-state index contributed by atoms with van der Waals surface area (Å²) >= 11 is 0. The average molecular weight is 375 g/mol. The normalized spacial score (nSPS) is 11.3. The van der Waals surface area contributed by atoms with E-state index in [4.69, 9.17) is 0 Å². The highest BCUT2D eigenvalue weighted by molar-refractivity contribution is 7.89. The Hall–Kier alpha value is -3.43. The standard InChI is InChI=1S/C21H17N3O2S/c1-16-10-12-19(13-11-16)27(25,26)24-23-15-18-7-3-5-9-21(18)20-8-4-2-6-17(20)14-22/h2-13,15,24H,1H3. The van der Waals surface area contributed by atoms with E-state index in [1.165, 1.54) is 18.3 Å². The fourth-order valence-electron chi connectivity index (χ4n) is 2.61. The number of aryl methyl sites for hydroxylation is 1. The van der Waals surface area contributed by atoms with Crippen molar-refractivity contribution >= 4 is 16.2 Å². The van der Waals surface area contributed by atoms with Crippen LogP contribution in [0.1, 0.15) is 16.7 Å². The molecule has 0 amide bonds. The Morgan fingerprint density at radius 1 is 0.926 bits per heavy atom. The van der Waals surface area contributed by atoms with Crippen molar-refractivity contribution in [3.05, 3.63) is 89.5 Å². The maximum atomic E-state index is 12.3. The summed E-state index contributed by atoms with van der Waals surface area (Å²) in [7, 11) is -3.74. The minimum Gasteiger partial charge on any atom is -0.200 e. The van der Waals surface area contributed by atoms with Crippen LogP contribution in [0.2, 0.25) is 0 Å². The van der Waals surface area contributed by atoms with E-state index in [-0.39, 0.29) is 4.90 Å². The van der Waals surface area contributed by atoms with Crippen LogP contribution >= 0.6 is 0 Å². The van der Waals surface area contributed by atoms with Gasteiger partial charge in [0.05, 0.1) is 22.7 Å². The Labute approximate surface area is 158 Å². The first-order valence-electron chi connectivity index (χ1n) is 8.21. The van der Waals surface area contributed by atoms with Crippen molar-refractivity contribution in [2.75, 3.05) is 0 Å². The topological polar surface area (TPSA) is 82.3 Å². The molecule has 3 rings (SSSR count). The van der Waals surface area contributed by atoms with Crippen LogP contribution in [-0.2, 0) is 10.0 Å². The fraction of sp³-hybridized carbons (Fsp3) is 0.0476. The second kappa shape index (κ2) is 7.85. The molecule has 134 valence electrons. The van der Waals surface area contributed by atoms with Gasteiger partial charge in [0.2, 0.25) is 0 Å². The highest BCUT2D eigenvalue weighted by atomic mass is 32.2. The second-order valence-corrected chi connectivity index (χ2v) is 7.57. The number of hydrogen-bond donors (Lipinski definition) is 1. The molecule has 3 aromatic rings. The van der Waals surface area contributed by atoms with Crippen LogP contribution in [0.3, 0.4) is 0 Å². The minimum absolute atomic E-state index is 0.147. The maximum Gasteiger partial charge on any atom is 0.276 e. The van der Waals surface area contributed by atoms with Gasteiger partial charge in [-0.25, -0.2) is 4.83 Å². The van der Waals surface area contributed by atoms with Crippen LogP contribution in [0.15, 0.2) is 82.8 Å². The average Bonchev–Trinajstić information content (AvgIpc) is 2.68. The maximum absolute atomic E-state index is 12.3. The summed E-state index contributed by atoms with van der Waals surface area (Å²) in [6, 6.07) is 23.3. The largest absolute Gasteiger partial charge is 0.276 e. The summed E-state index contributed by atoms with van der Waals surface area (Å²) in [5, 5.41) is 13.2. The third-order valence-electron chi connectivity index (χ3n) is 4.01. The molecule has 0 aromatic heterocycles. The first-order chi connectivity index (χ1) is 13.0. The van der Waals surface area contributed by atoms with Gasteiger partial charge in [-0.3, -0.25) is 0 Å². The van der Waals surface area contributed by atoms with E-state index in [9.17, 15) is 13.7 Å². The number of nitriles is 1. The van der Waals surface area contributed by atoms with Gasteiger partial charge in [0.1, 0.15) is 0 Å². The number of nitrogens with one attached hydrogen (secondary N) is 1. The van der Waals surface area contributed by atoms with Crippen LogP contribution in [0.25, 0.3) is 11.1 Å². The van der Waals surface area contributed by atoms with Crippen LogP contribution in [0, 0.1) is 18.3 Å². The molecule has 5 nitrogen and oxygen atoms in total. The van der Waals surface area contributed by atoms with Crippen molar-refractivity contribution in [3.8, 4) is 17.2 Å². The summed E-state index contributed by atoms with van der Waals surface area (Å²) in [6.07, 6.45) is 1.44. The summed E-state index contributed by atoms with van der Waals surface area (Å²) < 4.78 is 24.6. The van der Waals surface area contributed by atoms with Gasteiger partial charge in [-0.2, -0.15) is 18.8 Å². The van der Waals surface area contributed by atoms with E-state index in [0.717, 1.165) is 16.7 Å². The summed E-state index contributed by atoms with van der Waals surface area (Å²) in [4.78, 5) is 2.37. The molecule has 0 aliphatic heterocycles. The Bertz CT molecular complexity index is 1130. The predicted octanol–water partition coefficient (Wildman–Crippen LogP) is 3.85. The zero-order chi connectivity index (χ0) is 19.3. The summed E-state index contributed by atoms with van der Waals surface area (Å²) in [6.45, 7) is 1.89. The summed E-state index contributed by atoms with van der Waals surface area (Å²) in [5.74, 6) is 0. The number of hydrogen-bond acceptors (Lipinski definition) is 4. The molecular weight excluding hydrogens is 358 g/mol. The van der Waals surface area contributed by atoms with Crippen LogP contribution in [0.5, 0.6) is 0 Å². The molecule has 0 fully saturated rings. The number of sulfonamides is 1. The molecule has 27 heavy (non-hydrogen) atoms. The van der Waals surface area contributed by atoms with E-state index in [2.05, 4.69) is 16.0 Å². The third kappa shape index (κ3) is 4.22. The lowest BCUT2D eigenvalue weighted by Gasteiger charge is -2.08. The van der Waals surface area contributed by atoms with Gasteiger partial charge in [0.15, 0.2) is 0 Å². The van der Waals surface area contributed by atoms with Crippen LogP contribution < -0.4 is 4.83 Å². The number of benzene rings is 3. The van der Waals surface area contributed by atoms with Gasteiger partial charge < -0.3 is 0 Å². The van der Waals surface area contributed by atoms with Crippen LogP contribution in [0.4, 0.5) is 0 Å². The molecule has 0 atom stereocenters. The molecule has 0 radical (unpaired) electrons. The number of nitrogens with zero attached hydrogens (tertiary/aromatic N) is 2. The van der Waals surface area contributed by atoms with Gasteiger partial charge in [-0.15, -0.1) is 0 Å². The zero-order valence-corrected chi connectivity index (χ0v) is 15.4. The molecule has 6 heteroatoms. The minimum atomic E-state index is -3.74. The fourth-order valence-corrected chi connectivity index (χ4v) is 3.40. The van der Waals surface area contributed by atoms with Gasteiger partial charge in [-0.05, 0) is 30.7 Å². The van der Waals surface area contributed by atoms with Crippen molar-refractivity contribution in [3.63, 3.8) is 0 Å². The molecule has 1 N–H and O–H groups in total. The van der Waals surface area contributed by atoms with Crippen molar-refractivity contribution in [1.29, 1.82) is 5.26 Å². The quantitative estimate of drug-likeness (QED) is 0.543. The number of hydrazone groups is 1. The first-order valence-corrected chi connectivity index (χ1v) is 9.69. The highest BCUT2D eigenvalue weighted by Crippen LogP contribution is 2.25. The van der Waals surface area contributed by atoms with Crippen molar-refractivity contribution in [1.82, 2.24) is 4.83 Å². The zero-order valence-electron chi connectivity index (χ0n) is 14.6. The van der Waals surface area contributed by atoms with E-state index >= 15 is 0 Å². The molecule has 0 aliphatic rings. The van der Waals surface area contributed by atoms with Gasteiger partial charge in [-0.1, -0.05) is 60.2 Å². The Kier molecular flexibility index (Phi) is 5.34.